The zero-order chi connectivity index (χ0) is 28.1. The molecule has 1 aliphatic rings. The highest BCUT2D eigenvalue weighted by atomic mass is 16.6. The second-order valence-corrected chi connectivity index (χ2v) is 9.73. The van der Waals surface area contributed by atoms with E-state index in [1.165, 1.54) is 25.1 Å². The molecule has 1 aliphatic heterocycles. The summed E-state index contributed by atoms with van der Waals surface area (Å²) in [5.74, 6) is 0.500. The van der Waals surface area contributed by atoms with Crippen LogP contribution in [0.2, 0.25) is 0 Å². The molecule has 40 heavy (non-hydrogen) atoms. The van der Waals surface area contributed by atoms with Gasteiger partial charge in [-0.1, -0.05) is 26.0 Å². The first-order valence-electron chi connectivity index (χ1n) is 13.6. The first kappa shape index (κ1) is 27.3. The van der Waals surface area contributed by atoms with E-state index in [2.05, 4.69) is 39.5 Å². The van der Waals surface area contributed by atoms with Gasteiger partial charge in [0, 0.05) is 36.9 Å². The first-order valence-corrected chi connectivity index (χ1v) is 13.6. The minimum Gasteiger partial charge on any atom is -0.490 e. The zero-order valence-electron chi connectivity index (χ0n) is 23.0. The number of anilines is 2. The van der Waals surface area contributed by atoms with E-state index < -0.39 is 11.3 Å². The van der Waals surface area contributed by atoms with Crippen molar-refractivity contribution in [3.05, 3.63) is 82.3 Å². The molecule has 0 saturated carbocycles. The minimum atomic E-state index is -0.645. The zero-order valence-corrected chi connectivity index (χ0v) is 23.0. The summed E-state index contributed by atoms with van der Waals surface area (Å²) in [4.78, 5) is 42.0. The molecule has 4 aromatic rings. The highest BCUT2D eigenvalue weighted by Crippen LogP contribution is 2.24. The Bertz CT molecular complexity index is 1530. The highest BCUT2D eigenvalue weighted by molar-refractivity contribution is 5.96. The standard InChI is InChI=1S/C30H34N6O4/c1-4-20-6-10-22(11-7-20)36-19-26(29(38)34-39-3)27(37)25-18-31-30(33-28(25)36)32-21-8-12-23(13-9-21)40-24-14-16-35(5-2)17-15-24/h6-13,18-19,24H,4-5,14-17H2,1-3H3,(H,34,38)(H,31,32,33). The van der Waals surface area contributed by atoms with Gasteiger partial charge in [-0.05, 0) is 67.8 Å². The lowest BCUT2D eigenvalue weighted by Gasteiger charge is -2.31. The molecule has 1 amide bonds. The van der Waals surface area contributed by atoms with E-state index in [0.29, 0.717) is 11.6 Å². The third kappa shape index (κ3) is 5.98. The second-order valence-electron chi connectivity index (χ2n) is 9.73. The van der Waals surface area contributed by atoms with Crippen molar-refractivity contribution in [2.45, 2.75) is 39.2 Å². The molecule has 0 aliphatic carbocycles. The van der Waals surface area contributed by atoms with Crippen LogP contribution in [0, 0.1) is 0 Å². The largest absolute Gasteiger partial charge is 0.490 e. The number of amides is 1. The van der Waals surface area contributed by atoms with Crippen molar-refractivity contribution in [3.63, 3.8) is 0 Å². The summed E-state index contributed by atoms with van der Waals surface area (Å²) in [7, 11) is 1.32. The number of aromatic nitrogens is 3. The molecule has 1 saturated heterocycles. The van der Waals surface area contributed by atoms with Gasteiger partial charge in [0.1, 0.15) is 17.4 Å². The van der Waals surface area contributed by atoms with Crippen LogP contribution in [-0.4, -0.2) is 58.2 Å². The maximum Gasteiger partial charge on any atom is 0.280 e. The molecule has 3 heterocycles. The Labute approximate surface area is 232 Å². The van der Waals surface area contributed by atoms with E-state index in [1.54, 1.807) is 4.57 Å². The molecule has 208 valence electrons. The third-order valence-corrected chi connectivity index (χ3v) is 7.20. The Morgan fingerprint density at radius 3 is 2.42 bits per heavy atom. The van der Waals surface area contributed by atoms with Crippen LogP contribution in [0.3, 0.4) is 0 Å². The van der Waals surface area contributed by atoms with Crippen molar-refractivity contribution >= 4 is 28.6 Å². The van der Waals surface area contributed by atoms with Gasteiger partial charge in [-0.2, -0.15) is 4.98 Å². The van der Waals surface area contributed by atoms with Crippen molar-refractivity contribution in [2.24, 2.45) is 0 Å². The smallest absolute Gasteiger partial charge is 0.280 e. The Kier molecular flexibility index (Phi) is 8.37. The summed E-state index contributed by atoms with van der Waals surface area (Å²) in [6, 6.07) is 15.6. The molecular formula is C30H34N6O4. The number of ether oxygens (including phenoxy) is 1. The minimum absolute atomic E-state index is 0.0748. The molecule has 0 spiro atoms. The molecular weight excluding hydrogens is 508 g/mol. The SMILES string of the molecule is CCc1ccc(-n2cc(C(=O)NOC)c(=O)c3cnc(Nc4ccc(OC5CCN(CC)CC5)cc4)nc32)cc1. The first-order chi connectivity index (χ1) is 19.5. The molecule has 2 aromatic carbocycles. The van der Waals surface area contributed by atoms with Crippen molar-refractivity contribution < 1.29 is 14.4 Å². The lowest BCUT2D eigenvalue weighted by atomic mass is 10.1. The van der Waals surface area contributed by atoms with Gasteiger partial charge in [0.15, 0.2) is 5.65 Å². The van der Waals surface area contributed by atoms with E-state index in [1.807, 2.05) is 48.5 Å². The quantitative estimate of drug-likeness (QED) is 0.302. The highest BCUT2D eigenvalue weighted by Gasteiger charge is 2.20. The molecule has 2 aromatic heterocycles. The summed E-state index contributed by atoms with van der Waals surface area (Å²) in [6.45, 7) is 7.47. The number of pyridine rings is 1. The third-order valence-electron chi connectivity index (χ3n) is 7.20. The molecule has 2 N–H and O–H groups in total. The lowest BCUT2D eigenvalue weighted by molar-refractivity contribution is 0.0536. The average molecular weight is 543 g/mol. The van der Waals surface area contributed by atoms with Crippen LogP contribution in [0.1, 0.15) is 42.6 Å². The number of hydrogen-bond donors (Lipinski definition) is 2. The van der Waals surface area contributed by atoms with Crippen LogP contribution in [0.5, 0.6) is 5.75 Å². The predicted molar refractivity (Wildman–Crippen MR) is 154 cm³/mol. The number of hydrogen-bond acceptors (Lipinski definition) is 8. The van der Waals surface area contributed by atoms with Crippen LogP contribution in [-0.2, 0) is 11.3 Å². The fraction of sp³-hybridized carbons (Fsp3) is 0.333. The number of nitrogens with one attached hydrogen (secondary N) is 2. The number of fused-ring (bicyclic) bond motifs is 1. The number of aryl methyl sites for hydroxylation is 1. The van der Waals surface area contributed by atoms with Crippen molar-refractivity contribution in [3.8, 4) is 11.4 Å². The Hall–Kier alpha value is -4.28. The fourth-order valence-electron chi connectivity index (χ4n) is 4.85. The molecule has 1 fully saturated rings. The van der Waals surface area contributed by atoms with Gasteiger partial charge < -0.3 is 19.5 Å². The van der Waals surface area contributed by atoms with Crippen molar-refractivity contribution in [1.29, 1.82) is 0 Å². The van der Waals surface area contributed by atoms with Crippen LogP contribution < -0.4 is 21.0 Å². The van der Waals surface area contributed by atoms with Crippen LogP contribution in [0.15, 0.2) is 65.7 Å². The van der Waals surface area contributed by atoms with Gasteiger partial charge >= 0.3 is 0 Å². The molecule has 10 heteroatoms. The Balaban J connectivity index is 1.42. The maximum absolute atomic E-state index is 13.2. The van der Waals surface area contributed by atoms with E-state index in [0.717, 1.165) is 56.0 Å². The summed E-state index contributed by atoms with van der Waals surface area (Å²) in [6.07, 6.45) is 6.09. The number of rotatable bonds is 9. The second kappa shape index (κ2) is 12.3. The van der Waals surface area contributed by atoms with Gasteiger partial charge in [-0.15, -0.1) is 0 Å². The van der Waals surface area contributed by atoms with Gasteiger partial charge in [0.2, 0.25) is 11.4 Å². The van der Waals surface area contributed by atoms with Crippen molar-refractivity contribution in [2.75, 3.05) is 32.1 Å². The fourth-order valence-corrected chi connectivity index (χ4v) is 4.85. The number of benzene rings is 2. The van der Waals surface area contributed by atoms with E-state index in [9.17, 15) is 9.59 Å². The molecule has 0 atom stereocenters. The van der Waals surface area contributed by atoms with Gasteiger partial charge in [-0.3, -0.25) is 14.4 Å². The monoisotopic (exact) mass is 542 g/mol. The van der Waals surface area contributed by atoms with Gasteiger partial charge in [0.25, 0.3) is 5.91 Å². The lowest BCUT2D eigenvalue weighted by Crippen LogP contribution is -2.37. The van der Waals surface area contributed by atoms with Crippen LogP contribution >= 0.6 is 0 Å². The summed E-state index contributed by atoms with van der Waals surface area (Å²) >= 11 is 0. The number of carbonyl (C=O) groups is 1. The van der Waals surface area contributed by atoms with Gasteiger partial charge in [-0.25, -0.2) is 10.5 Å². The normalized spacial score (nSPS) is 14.3. The van der Waals surface area contributed by atoms with Gasteiger partial charge in [0.05, 0.1) is 12.5 Å². The topological polar surface area (TPSA) is 111 Å². The van der Waals surface area contributed by atoms with E-state index in [4.69, 9.17) is 9.57 Å². The summed E-state index contributed by atoms with van der Waals surface area (Å²) < 4.78 is 7.90. The number of carbonyl (C=O) groups excluding carboxylic acids is 1. The molecule has 0 bridgehead atoms. The Morgan fingerprint density at radius 2 is 1.77 bits per heavy atom. The predicted octanol–water partition coefficient (Wildman–Crippen LogP) is 4.24. The molecule has 5 rings (SSSR count). The summed E-state index contributed by atoms with van der Waals surface area (Å²) in [5, 5.41) is 3.43. The Morgan fingerprint density at radius 1 is 1.05 bits per heavy atom. The molecule has 10 nitrogen and oxygen atoms in total. The van der Waals surface area contributed by atoms with Crippen LogP contribution in [0.4, 0.5) is 11.6 Å². The summed E-state index contributed by atoms with van der Waals surface area (Å²) in [5.41, 5.74) is 4.75. The van der Waals surface area contributed by atoms with E-state index >= 15 is 0 Å². The number of piperidine rings is 1. The number of hydroxylamine groups is 1. The number of nitrogens with zero attached hydrogens (tertiary/aromatic N) is 4. The maximum atomic E-state index is 13.2. The number of likely N-dealkylation sites (tertiary alicyclic amines) is 1. The molecule has 0 radical (unpaired) electrons. The molecule has 0 unspecified atom stereocenters. The van der Waals surface area contributed by atoms with E-state index in [-0.39, 0.29) is 17.1 Å². The van der Waals surface area contributed by atoms with Crippen LogP contribution in [0.25, 0.3) is 16.7 Å². The van der Waals surface area contributed by atoms with Crippen molar-refractivity contribution in [1.82, 2.24) is 24.9 Å². The average Bonchev–Trinajstić information content (AvgIpc) is 2.99.